The minimum atomic E-state index is -0.0905. The molecule has 3 heteroatoms. The van der Waals surface area contributed by atoms with Crippen LogP contribution < -0.4 is 9.47 Å². The quantitative estimate of drug-likeness (QED) is 0.800. The standard InChI is InChI=1S/C18H16O3/c1-3-12-4-6-13(7-5-12)10-17-18(19)15-9-8-14(20-2)11-16(15)21-17/h4-11H,3H2,1-2H3. The fourth-order valence-electron chi connectivity index (χ4n) is 2.30. The second-order valence-electron chi connectivity index (χ2n) is 4.90. The monoisotopic (exact) mass is 280 g/mol. The van der Waals surface area contributed by atoms with E-state index >= 15 is 0 Å². The fraction of sp³-hybridized carbons (Fsp3) is 0.167. The number of Topliss-reactive ketones (excluding diaryl/α,β-unsaturated/α-hetero) is 1. The molecule has 0 fully saturated rings. The van der Waals surface area contributed by atoms with Gasteiger partial charge in [-0.25, -0.2) is 0 Å². The van der Waals surface area contributed by atoms with Gasteiger partial charge in [-0.3, -0.25) is 4.79 Å². The lowest BCUT2D eigenvalue weighted by Crippen LogP contribution is -1.98. The molecule has 0 saturated heterocycles. The number of carbonyl (C=O) groups is 1. The van der Waals surface area contributed by atoms with Gasteiger partial charge in [0.25, 0.3) is 0 Å². The van der Waals surface area contributed by atoms with Gasteiger partial charge >= 0.3 is 0 Å². The zero-order chi connectivity index (χ0) is 14.8. The Labute approximate surface area is 123 Å². The molecule has 21 heavy (non-hydrogen) atoms. The summed E-state index contributed by atoms with van der Waals surface area (Å²) in [4.78, 5) is 12.3. The molecule has 0 amide bonds. The summed E-state index contributed by atoms with van der Waals surface area (Å²) in [6.45, 7) is 2.11. The molecule has 0 atom stereocenters. The van der Waals surface area contributed by atoms with Gasteiger partial charge < -0.3 is 9.47 Å². The number of methoxy groups -OCH3 is 1. The fourth-order valence-corrected chi connectivity index (χ4v) is 2.30. The van der Waals surface area contributed by atoms with Crippen molar-refractivity contribution in [3.05, 3.63) is 64.9 Å². The van der Waals surface area contributed by atoms with Crippen molar-refractivity contribution < 1.29 is 14.3 Å². The predicted octanol–water partition coefficient (Wildman–Crippen LogP) is 3.87. The largest absolute Gasteiger partial charge is 0.497 e. The number of ether oxygens (including phenoxy) is 2. The van der Waals surface area contributed by atoms with Crippen LogP contribution in [0.5, 0.6) is 11.5 Å². The molecule has 3 rings (SSSR count). The van der Waals surface area contributed by atoms with Crippen LogP contribution in [-0.2, 0) is 6.42 Å². The maximum Gasteiger partial charge on any atom is 0.231 e. The van der Waals surface area contributed by atoms with Crippen molar-refractivity contribution in [3.8, 4) is 11.5 Å². The molecule has 0 bridgehead atoms. The molecule has 0 saturated carbocycles. The molecular formula is C18H16O3. The highest BCUT2D eigenvalue weighted by atomic mass is 16.5. The van der Waals surface area contributed by atoms with Gasteiger partial charge in [-0.05, 0) is 35.8 Å². The number of benzene rings is 2. The first kappa shape index (κ1) is 13.4. The van der Waals surface area contributed by atoms with E-state index in [1.807, 2.05) is 12.1 Å². The number of hydrogen-bond donors (Lipinski definition) is 0. The molecule has 1 aliphatic rings. The SMILES string of the molecule is CCc1ccc(C=C2Oc3cc(OC)ccc3C2=O)cc1. The minimum absolute atomic E-state index is 0.0905. The zero-order valence-corrected chi connectivity index (χ0v) is 12.1. The first-order valence-corrected chi connectivity index (χ1v) is 6.92. The van der Waals surface area contributed by atoms with Gasteiger partial charge in [-0.2, -0.15) is 0 Å². The van der Waals surface area contributed by atoms with E-state index in [-0.39, 0.29) is 5.78 Å². The van der Waals surface area contributed by atoms with E-state index in [0.29, 0.717) is 22.8 Å². The Kier molecular flexibility index (Phi) is 3.48. The second-order valence-corrected chi connectivity index (χ2v) is 4.90. The van der Waals surface area contributed by atoms with Crippen LogP contribution in [0.3, 0.4) is 0 Å². The highest BCUT2D eigenvalue weighted by Gasteiger charge is 2.27. The Morgan fingerprint density at radius 2 is 1.90 bits per heavy atom. The number of carbonyl (C=O) groups excluding carboxylic acids is 1. The summed E-state index contributed by atoms with van der Waals surface area (Å²) in [5, 5.41) is 0. The molecule has 106 valence electrons. The number of fused-ring (bicyclic) bond motifs is 1. The van der Waals surface area contributed by atoms with Crippen molar-refractivity contribution in [2.24, 2.45) is 0 Å². The van der Waals surface area contributed by atoms with Crippen molar-refractivity contribution in [1.29, 1.82) is 0 Å². The first-order chi connectivity index (χ1) is 10.2. The summed E-state index contributed by atoms with van der Waals surface area (Å²) in [6, 6.07) is 13.3. The third kappa shape index (κ3) is 2.55. The third-order valence-electron chi connectivity index (χ3n) is 3.56. The van der Waals surface area contributed by atoms with Crippen molar-refractivity contribution in [1.82, 2.24) is 0 Å². The van der Waals surface area contributed by atoms with Crippen LogP contribution >= 0.6 is 0 Å². The van der Waals surface area contributed by atoms with E-state index in [2.05, 4.69) is 19.1 Å². The van der Waals surface area contributed by atoms with Gasteiger partial charge in [0.2, 0.25) is 5.78 Å². The van der Waals surface area contributed by atoms with E-state index in [1.165, 1.54) is 5.56 Å². The minimum Gasteiger partial charge on any atom is -0.497 e. The van der Waals surface area contributed by atoms with E-state index < -0.39 is 0 Å². The van der Waals surface area contributed by atoms with Crippen LogP contribution in [0, 0.1) is 0 Å². The molecular weight excluding hydrogens is 264 g/mol. The van der Waals surface area contributed by atoms with Gasteiger partial charge in [0.1, 0.15) is 11.5 Å². The van der Waals surface area contributed by atoms with Crippen LogP contribution in [0.4, 0.5) is 0 Å². The maximum absolute atomic E-state index is 12.3. The Bertz CT molecular complexity index is 712. The number of ketones is 1. The molecule has 0 spiro atoms. The Hall–Kier alpha value is -2.55. The van der Waals surface area contributed by atoms with Crippen LogP contribution in [0.1, 0.15) is 28.4 Å². The summed E-state index contributed by atoms with van der Waals surface area (Å²) in [5.74, 6) is 1.49. The zero-order valence-electron chi connectivity index (χ0n) is 12.1. The predicted molar refractivity (Wildman–Crippen MR) is 81.7 cm³/mol. The highest BCUT2D eigenvalue weighted by molar-refractivity contribution is 6.14. The molecule has 1 aliphatic heterocycles. The van der Waals surface area contributed by atoms with Gasteiger partial charge in [0.15, 0.2) is 5.76 Å². The van der Waals surface area contributed by atoms with Crippen LogP contribution in [0.2, 0.25) is 0 Å². The lowest BCUT2D eigenvalue weighted by Gasteiger charge is -2.02. The molecule has 2 aromatic carbocycles. The molecule has 0 N–H and O–H groups in total. The Morgan fingerprint density at radius 1 is 1.14 bits per heavy atom. The number of hydrogen-bond acceptors (Lipinski definition) is 3. The second kappa shape index (κ2) is 5.44. The summed E-state index contributed by atoms with van der Waals surface area (Å²) < 4.78 is 10.8. The summed E-state index contributed by atoms with van der Waals surface area (Å²) in [6.07, 6.45) is 2.77. The Morgan fingerprint density at radius 3 is 2.57 bits per heavy atom. The van der Waals surface area contributed by atoms with Crippen molar-refractivity contribution in [3.63, 3.8) is 0 Å². The normalized spacial score (nSPS) is 15.0. The average molecular weight is 280 g/mol. The lowest BCUT2D eigenvalue weighted by atomic mass is 10.1. The van der Waals surface area contributed by atoms with Crippen LogP contribution in [0.15, 0.2) is 48.2 Å². The van der Waals surface area contributed by atoms with E-state index in [4.69, 9.17) is 9.47 Å². The Balaban J connectivity index is 1.90. The molecule has 3 nitrogen and oxygen atoms in total. The van der Waals surface area contributed by atoms with Crippen LogP contribution in [0.25, 0.3) is 6.08 Å². The van der Waals surface area contributed by atoms with Gasteiger partial charge in [-0.15, -0.1) is 0 Å². The first-order valence-electron chi connectivity index (χ1n) is 6.92. The van der Waals surface area contributed by atoms with Crippen LogP contribution in [-0.4, -0.2) is 12.9 Å². The third-order valence-corrected chi connectivity index (χ3v) is 3.56. The molecule has 0 aromatic heterocycles. The molecule has 0 aliphatic carbocycles. The summed E-state index contributed by atoms with van der Waals surface area (Å²) >= 11 is 0. The lowest BCUT2D eigenvalue weighted by molar-refractivity contribution is 0.101. The maximum atomic E-state index is 12.3. The molecule has 2 aromatic rings. The van der Waals surface area contributed by atoms with Crippen molar-refractivity contribution in [2.45, 2.75) is 13.3 Å². The van der Waals surface area contributed by atoms with Gasteiger partial charge in [0, 0.05) is 6.07 Å². The highest BCUT2D eigenvalue weighted by Crippen LogP contribution is 2.34. The molecule has 1 heterocycles. The number of rotatable bonds is 3. The van der Waals surface area contributed by atoms with Gasteiger partial charge in [-0.1, -0.05) is 31.2 Å². The van der Waals surface area contributed by atoms with E-state index in [0.717, 1.165) is 12.0 Å². The topological polar surface area (TPSA) is 35.5 Å². The van der Waals surface area contributed by atoms with Crippen molar-refractivity contribution >= 4 is 11.9 Å². The smallest absolute Gasteiger partial charge is 0.231 e. The average Bonchev–Trinajstić information content (AvgIpc) is 2.83. The van der Waals surface area contributed by atoms with E-state index in [9.17, 15) is 4.79 Å². The molecule has 0 unspecified atom stereocenters. The van der Waals surface area contributed by atoms with Gasteiger partial charge in [0.05, 0.1) is 12.7 Å². The summed E-state index contributed by atoms with van der Waals surface area (Å²) in [7, 11) is 1.59. The number of aryl methyl sites for hydroxylation is 1. The summed E-state index contributed by atoms with van der Waals surface area (Å²) in [5.41, 5.74) is 2.80. The molecule has 0 radical (unpaired) electrons. The van der Waals surface area contributed by atoms with Crippen molar-refractivity contribution in [2.75, 3.05) is 7.11 Å². The number of allylic oxidation sites excluding steroid dienone is 1. The van der Waals surface area contributed by atoms with E-state index in [1.54, 1.807) is 31.4 Å².